The third-order valence-electron chi connectivity index (χ3n) is 2.08. The van der Waals surface area contributed by atoms with Crippen LogP contribution < -0.4 is 16.2 Å². The van der Waals surface area contributed by atoms with Crippen LogP contribution >= 0.6 is 0 Å². The first kappa shape index (κ1) is 12.4. The summed E-state index contributed by atoms with van der Waals surface area (Å²) in [6.07, 6.45) is 0.108. The summed E-state index contributed by atoms with van der Waals surface area (Å²) in [6, 6.07) is 4.07. The van der Waals surface area contributed by atoms with Crippen molar-refractivity contribution in [2.75, 3.05) is 6.61 Å². The van der Waals surface area contributed by atoms with Gasteiger partial charge in [-0.1, -0.05) is 6.07 Å². The largest absolute Gasteiger partial charge is 0.493 e. The molecule has 0 aliphatic heterocycles. The Bertz CT molecular complexity index is 380. The predicted molar refractivity (Wildman–Crippen MR) is 58.3 cm³/mol. The van der Waals surface area contributed by atoms with E-state index >= 15 is 0 Å². The van der Waals surface area contributed by atoms with Crippen LogP contribution in [0.5, 0.6) is 5.75 Å². The molecule has 1 aromatic rings. The van der Waals surface area contributed by atoms with Crippen LogP contribution in [0.25, 0.3) is 0 Å². The number of primary amides is 1. The average molecular weight is 226 g/mol. The number of hydrogen-bond acceptors (Lipinski definition) is 3. The lowest BCUT2D eigenvalue weighted by molar-refractivity contribution is -0.118. The molecule has 0 heterocycles. The number of amides is 1. The maximum absolute atomic E-state index is 13.4. The number of hydrogen-bond donors (Lipinski definition) is 2. The van der Waals surface area contributed by atoms with Crippen molar-refractivity contribution in [3.05, 3.63) is 29.6 Å². The summed E-state index contributed by atoms with van der Waals surface area (Å²) in [5.41, 5.74) is 10.9. The van der Waals surface area contributed by atoms with Crippen LogP contribution in [-0.4, -0.2) is 12.5 Å². The minimum atomic E-state index is -0.451. The van der Waals surface area contributed by atoms with Crippen molar-refractivity contribution in [3.63, 3.8) is 0 Å². The highest BCUT2D eigenvalue weighted by atomic mass is 19.1. The average Bonchev–Trinajstić information content (AvgIpc) is 2.16. The SMILES string of the molecule is CC(N)c1ccc(OCCC(N)=O)cc1F. The second kappa shape index (κ2) is 5.46. The quantitative estimate of drug-likeness (QED) is 0.789. The summed E-state index contributed by atoms with van der Waals surface area (Å²) < 4.78 is 18.6. The summed E-state index contributed by atoms with van der Waals surface area (Å²) in [4.78, 5) is 10.5. The van der Waals surface area contributed by atoms with Gasteiger partial charge < -0.3 is 16.2 Å². The van der Waals surface area contributed by atoms with Crippen molar-refractivity contribution in [1.29, 1.82) is 0 Å². The zero-order valence-electron chi connectivity index (χ0n) is 9.07. The Morgan fingerprint density at radius 1 is 1.56 bits per heavy atom. The summed E-state index contributed by atoms with van der Waals surface area (Å²) in [7, 11) is 0. The number of benzene rings is 1. The molecule has 0 bridgehead atoms. The molecule has 0 saturated carbocycles. The van der Waals surface area contributed by atoms with E-state index in [1.165, 1.54) is 6.07 Å². The molecule has 4 N–H and O–H groups in total. The van der Waals surface area contributed by atoms with Gasteiger partial charge in [-0.25, -0.2) is 4.39 Å². The van der Waals surface area contributed by atoms with Crippen molar-refractivity contribution in [2.24, 2.45) is 11.5 Å². The van der Waals surface area contributed by atoms with Gasteiger partial charge in [0.05, 0.1) is 13.0 Å². The van der Waals surface area contributed by atoms with Gasteiger partial charge in [-0.3, -0.25) is 4.79 Å². The zero-order chi connectivity index (χ0) is 12.1. The minimum absolute atomic E-state index is 0.108. The Balaban J connectivity index is 2.63. The van der Waals surface area contributed by atoms with Gasteiger partial charge in [-0.05, 0) is 13.0 Å². The van der Waals surface area contributed by atoms with Crippen LogP contribution in [0.3, 0.4) is 0 Å². The number of halogens is 1. The van der Waals surface area contributed by atoms with Gasteiger partial charge in [0.1, 0.15) is 11.6 Å². The molecule has 0 radical (unpaired) electrons. The third-order valence-corrected chi connectivity index (χ3v) is 2.08. The summed E-state index contributed by atoms with van der Waals surface area (Å²) in [5.74, 6) is -0.498. The molecule has 0 spiro atoms. The van der Waals surface area contributed by atoms with E-state index in [1.54, 1.807) is 19.1 Å². The number of carbonyl (C=O) groups excluding carboxylic acids is 1. The van der Waals surface area contributed by atoms with Gasteiger partial charge in [0.25, 0.3) is 0 Å². The summed E-state index contributed by atoms with van der Waals surface area (Å²) in [6.45, 7) is 1.85. The Morgan fingerprint density at radius 2 is 2.25 bits per heavy atom. The van der Waals surface area contributed by atoms with E-state index in [4.69, 9.17) is 16.2 Å². The standard InChI is InChI=1S/C11H15FN2O2/c1-7(13)9-3-2-8(6-10(9)12)16-5-4-11(14)15/h2-3,6-7H,4-5,13H2,1H3,(H2,14,15). The van der Waals surface area contributed by atoms with Gasteiger partial charge in [0.2, 0.25) is 5.91 Å². The molecule has 4 nitrogen and oxygen atoms in total. The number of rotatable bonds is 5. The van der Waals surface area contributed by atoms with E-state index < -0.39 is 11.7 Å². The Hall–Kier alpha value is -1.62. The molecule has 0 aromatic heterocycles. The van der Waals surface area contributed by atoms with Gasteiger partial charge in [0.15, 0.2) is 0 Å². The van der Waals surface area contributed by atoms with Crippen molar-refractivity contribution < 1.29 is 13.9 Å². The molecule has 1 aromatic carbocycles. The molecule has 5 heteroatoms. The molecule has 0 aliphatic rings. The molecule has 0 saturated heterocycles. The Morgan fingerprint density at radius 3 is 2.75 bits per heavy atom. The van der Waals surface area contributed by atoms with Gasteiger partial charge in [-0.2, -0.15) is 0 Å². The molecule has 1 rings (SSSR count). The van der Waals surface area contributed by atoms with Crippen LogP contribution in [0.4, 0.5) is 4.39 Å². The highest BCUT2D eigenvalue weighted by molar-refractivity contribution is 5.73. The van der Waals surface area contributed by atoms with Crippen LogP contribution in [0.2, 0.25) is 0 Å². The molecule has 0 aliphatic carbocycles. The van der Waals surface area contributed by atoms with E-state index in [0.29, 0.717) is 11.3 Å². The minimum Gasteiger partial charge on any atom is -0.493 e. The zero-order valence-corrected chi connectivity index (χ0v) is 9.07. The first-order valence-corrected chi connectivity index (χ1v) is 4.97. The number of nitrogens with two attached hydrogens (primary N) is 2. The number of carbonyl (C=O) groups is 1. The highest BCUT2D eigenvalue weighted by Gasteiger charge is 2.08. The predicted octanol–water partition coefficient (Wildman–Crippen LogP) is 1.10. The van der Waals surface area contributed by atoms with Crippen molar-refractivity contribution in [2.45, 2.75) is 19.4 Å². The van der Waals surface area contributed by atoms with Gasteiger partial charge >= 0.3 is 0 Å². The Labute approximate surface area is 93.4 Å². The lowest BCUT2D eigenvalue weighted by Crippen LogP contribution is -2.14. The fraction of sp³-hybridized carbons (Fsp3) is 0.364. The lowest BCUT2D eigenvalue weighted by Gasteiger charge is -2.09. The van der Waals surface area contributed by atoms with E-state index in [0.717, 1.165) is 0 Å². The second-order valence-corrected chi connectivity index (χ2v) is 3.54. The van der Waals surface area contributed by atoms with E-state index in [2.05, 4.69) is 0 Å². The normalized spacial score (nSPS) is 12.2. The summed E-state index contributed by atoms with van der Waals surface area (Å²) in [5, 5.41) is 0. The molecule has 1 amide bonds. The molecular weight excluding hydrogens is 211 g/mol. The molecule has 0 fully saturated rings. The van der Waals surface area contributed by atoms with Crippen LogP contribution in [0, 0.1) is 5.82 Å². The van der Waals surface area contributed by atoms with Crippen LogP contribution in [0.15, 0.2) is 18.2 Å². The lowest BCUT2D eigenvalue weighted by atomic mass is 10.1. The van der Waals surface area contributed by atoms with E-state index in [-0.39, 0.29) is 19.1 Å². The van der Waals surface area contributed by atoms with Crippen molar-refractivity contribution in [3.8, 4) is 5.75 Å². The second-order valence-electron chi connectivity index (χ2n) is 3.54. The maximum atomic E-state index is 13.4. The Kier molecular flexibility index (Phi) is 4.25. The highest BCUT2D eigenvalue weighted by Crippen LogP contribution is 2.20. The van der Waals surface area contributed by atoms with Crippen LogP contribution in [-0.2, 0) is 4.79 Å². The smallest absolute Gasteiger partial charge is 0.220 e. The van der Waals surface area contributed by atoms with Gasteiger partial charge in [-0.15, -0.1) is 0 Å². The summed E-state index contributed by atoms with van der Waals surface area (Å²) >= 11 is 0. The molecule has 1 atom stereocenters. The molecule has 88 valence electrons. The molecule has 1 unspecified atom stereocenters. The van der Waals surface area contributed by atoms with Crippen LogP contribution in [0.1, 0.15) is 24.9 Å². The monoisotopic (exact) mass is 226 g/mol. The van der Waals surface area contributed by atoms with Crippen molar-refractivity contribution >= 4 is 5.91 Å². The fourth-order valence-corrected chi connectivity index (χ4v) is 1.24. The van der Waals surface area contributed by atoms with E-state index in [1.807, 2.05) is 0 Å². The maximum Gasteiger partial charge on any atom is 0.220 e. The molecular formula is C11H15FN2O2. The number of ether oxygens (including phenoxy) is 1. The van der Waals surface area contributed by atoms with E-state index in [9.17, 15) is 9.18 Å². The third kappa shape index (κ3) is 3.51. The molecule has 16 heavy (non-hydrogen) atoms. The topological polar surface area (TPSA) is 78.3 Å². The van der Waals surface area contributed by atoms with Crippen molar-refractivity contribution in [1.82, 2.24) is 0 Å². The first-order valence-electron chi connectivity index (χ1n) is 4.97. The first-order chi connectivity index (χ1) is 7.50. The van der Waals surface area contributed by atoms with Gasteiger partial charge in [0, 0.05) is 17.7 Å². The fourth-order valence-electron chi connectivity index (χ4n) is 1.24.